The third-order valence-corrected chi connectivity index (χ3v) is 2.93. The maximum atomic E-state index is 5.32. The monoisotopic (exact) mass is 214 g/mol. The Hall–Kier alpha value is -0.120. The predicted octanol–water partition coefficient (Wildman–Crippen LogP) is 1.49. The maximum absolute atomic E-state index is 5.32. The van der Waals surface area contributed by atoms with E-state index < -0.39 is 0 Å². The van der Waals surface area contributed by atoms with Crippen molar-refractivity contribution in [2.75, 3.05) is 45.9 Å². The predicted molar refractivity (Wildman–Crippen MR) is 64.3 cm³/mol. The van der Waals surface area contributed by atoms with Crippen LogP contribution < -0.4 is 5.32 Å². The molecule has 90 valence electrons. The van der Waals surface area contributed by atoms with Gasteiger partial charge in [-0.25, -0.2) is 0 Å². The molecule has 1 heterocycles. The Morgan fingerprint density at radius 2 is 1.80 bits per heavy atom. The molecule has 0 amide bonds. The summed E-state index contributed by atoms with van der Waals surface area (Å²) in [4.78, 5) is 2.52. The average molecular weight is 214 g/mol. The molecule has 3 nitrogen and oxygen atoms in total. The van der Waals surface area contributed by atoms with E-state index in [4.69, 9.17) is 4.74 Å². The molecule has 0 radical (unpaired) electrons. The minimum Gasteiger partial charge on any atom is -0.379 e. The second-order valence-corrected chi connectivity index (χ2v) is 4.22. The summed E-state index contributed by atoms with van der Waals surface area (Å²) >= 11 is 0. The molecule has 0 spiro atoms. The summed E-state index contributed by atoms with van der Waals surface area (Å²) in [5.74, 6) is 0. The summed E-state index contributed by atoms with van der Waals surface area (Å²) < 4.78 is 5.32. The van der Waals surface area contributed by atoms with Crippen molar-refractivity contribution in [1.82, 2.24) is 10.2 Å². The summed E-state index contributed by atoms with van der Waals surface area (Å²) in [5, 5.41) is 3.36. The van der Waals surface area contributed by atoms with Crippen LogP contribution in [0.2, 0.25) is 0 Å². The first kappa shape index (κ1) is 12.9. The van der Waals surface area contributed by atoms with Crippen LogP contribution in [0.3, 0.4) is 0 Å². The number of hydrogen-bond donors (Lipinski definition) is 1. The van der Waals surface area contributed by atoms with Gasteiger partial charge in [-0.1, -0.05) is 19.8 Å². The van der Waals surface area contributed by atoms with E-state index in [0.29, 0.717) is 0 Å². The molecule has 15 heavy (non-hydrogen) atoms. The summed E-state index contributed by atoms with van der Waals surface area (Å²) in [7, 11) is 0. The summed E-state index contributed by atoms with van der Waals surface area (Å²) in [5.41, 5.74) is 0. The molecule has 1 aliphatic rings. The zero-order chi connectivity index (χ0) is 10.8. The zero-order valence-corrected chi connectivity index (χ0v) is 10.1. The van der Waals surface area contributed by atoms with Gasteiger partial charge in [0.15, 0.2) is 0 Å². The van der Waals surface area contributed by atoms with Crippen LogP contribution in [0.4, 0.5) is 0 Å². The van der Waals surface area contributed by atoms with Crippen LogP contribution in [-0.2, 0) is 4.74 Å². The third-order valence-electron chi connectivity index (χ3n) is 2.93. The first-order valence-electron chi connectivity index (χ1n) is 6.44. The van der Waals surface area contributed by atoms with Crippen LogP contribution in [0.1, 0.15) is 32.6 Å². The molecule has 0 unspecified atom stereocenters. The van der Waals surface area contributed by atoms with Gasteiger partial charge in [0.25, 0.3) is 0 Å². The summed E-state index contributed by atoms with van der Waals surface area (Å²) in [6.07, 6.45) is 5.43. The van der Waals surface area contributed by atoms with Gasteiger partial charge < -0.3 is 10.1 Å². The maximum Gasteiger partial charge on any atom is 0.0594 e. The standard InChI is InChI=1S/C12H26N2O/c1-2-13-7-5-3-4-6-8-14-9-11-15-12-10-14/h13H,2-12H2,1H3. The lowest BCUT2D eigenvalue weighted by molar-refractivity contribution is 0.0371. The number of hydrogen-bond acceptors (Lipinski definition) is 3. The highest BCUT2D eigenvalue weighted by Gasteiger charge is 2.08. The van der Waals surface area contributed by atoms with Gasteiger partial charge in [-0.15, -0.1) is 0 Å². The van der Waals surface area contributed by atoms with E-state index in [1.807, 2.05) is 0 Å². The van der Waals surface area contributed by atoms with E-state index in [1.165, 1.54) is 38.8 Å². The number of morpholine rings is 1. The summed E-state index contributed by atoms with van der Waals surface area (Å²) in [6, 6.07) is 0. The van der Waals surface area contributed by atoms with Crippen molar-refractivity contribution in [3.8, 4) is 0 Å². The number of unbranched alkanes of at least 4 members (excludes halogenated alkanes) is 3. The third kappa shape index (κ3) is 6.88. The van der Waals surface area contributed by atoms with Crippen molar-refractivity contribution in [1.29, 1.82) is 0 Å². The average Bonchev–Trinajstić information content (AvgIpc) is 2.29. The van der Waals surface area contributed by atoms with Crippen molar-refractivity contribution in [3.63, 3.8) is 0 Å². The largest absolute Gasteiger partial charge is 0.379 e. The van der Waals surface area contributed by atoms with Gasteiger partial charge in [-0.2, -0.15) is 0 Å². The fourth-order valence-electron chi connectivity index (χ4n) is 1.94. The van der Waals surface area contributed by atoms with Crippen LogP contribution in [0.15, 0.2) is 0 Å². The molecule has 1 aliphatic heterocycles. The van der Waals surface area contributed by atoms with Crippen molar-refractivity contribution in [3.05, 3.63) is 0 Å². The number of ether oxygens (including phenoxy) is 1. The van der Waals surface area contributed by atoms with Crippen LogP contribution >= 0.6 is 0 Å². The molecular weight excluding hydrogens is 188 g/mol. The first-order chi connectivity index (χ1) is 7.43. The van der Waals surface area contributed by atoms with Gasteiger partial charge in [0.05, 0.1) is 13.2 Å². The smallest absolute Gasteiger partial charge is 0.0594 e. The minimum atomic E-state index is 0.931. The molecule has 0 atom stereocenters. The van der Waals surface area contributed by atoms with Crippen LogP contribution in [0.25, 0.3) is 0 Å². The molecule has 1 saturated heterocycles. The Labute approximate surface area is 94.2 Å². The molecule has 0 aliphatic carbocycles. The molecular formula is C12H26N2O. The second kappa shape index (κ2) is 9.13. The quantitative estimate of drug-likeness (QED) is 0.620. The highest BCUT2D eigenvalue weighted by atomic mass is 16.5. The molecule has 1 rings (SSSR count). The molecule has 1 fully saturated rings. The van der Waals surface area contributed by atoms with E-state index in [-0.39, 0.29) is 0 Å². The number of nitrogens with one attached hydrogen (secondary N) is 1. The van der Waals surface area contributed by atoms with E-state index >= 15 is 0 Å². The topological polar surface area (TPSA) is 24.5 Å². The van der Waals surface area contributed by atoms with Crippen LogP contribution in [-0.4, -0.2) is 50.8 Å². The fourth-order valence-corrected chi connectivity index (χ4v) is 1.94. The normalized spacial score (nSPS) is 18.2. The molecule has 0 saturated carbocycles. The van der Waals surface area contributed by atoms with Crippen molar-refractivity contribution in [2.24, 2.45) is 0 Å². The van der Waals surface area contributed by atoms with Gasteiger partial charge >= 0.3 is 0 Å². The first-order valence-corrected chi connectivity index (χ1v) is 6.44. The van der Waals surface area contributed by atoms with E-state index in [0.717, 1.165) is 32.8 Å². The van der Waals surface area contributed by atoms with Gasteiger partial charge in [0, 0.05) is 13.1 Å². The highest BCUT2D eigenvalue weighted by molar-refractivity contribution is 4.61. The van der Waals surface area contributed by atoms with Crippen molar-refractivity contribution < 1.29 is 4.74 Å². The Balaban J connectivity index is 1.79. The van der Waals surface area contributed by atoms with Gasteiger partial charge in [0.2, 0.25) is 0 Å². The van der Waals surface area contributed by atoms with Gasteiger partial charge in [0.1, 0.15) is 0 Å². The lowest BCUT2D eigenvalue weighted by Gasteiger charge is -2.26. The molecule has 1 N–H and O–H groups in total. The molecule has 3 heteroatoms. The van der Waals surface area contributed by atoms with Gasteiger partial charge in [-0.3, -0.25) is 4.90 Å². The van der Waals surface area contributed by atoms with Crippen molar-refractivity contribution >= 4 is 0 Å². The van der Waals surface area contributed by atoms with E-state index in [2.05, 4.69) is 17.1 Å². The molecule has 0 aromatic heterocycles. The molecule has 0 aromatic carbocycles. The Morgan fingerprint density at radius 3 is 2.53 bits per heavy atom. The Morgan fingerprint density at radius 1 is 1.07 bits per heavy atom. The lowest BCUT2D eigenvalue weighted by atomic mass is 10.2. The Bertz CT molecular complexity index is 136. The van der Waals surface area contributed by atoms with Crippen molar-refractivity contribution in [2.45, 2.75) is 32.6 Å². The van der Waals surface area contributed by atoms with Gasteiger partial charge in [-0.05, 0) is 32.5 Å². The Kier molecular flexibility index (Phi) is 7.88. The zero-order valence-electron chi connectivity index (χ0n) is 10.1. The molecule has 0 bridgehead atoms. The van der Waals surface area contributed by atoms with Crippen LogP contribution in [0.5, 0.6) is 0 Å². The highest BCUT2D eigenvalue weighted by Crippen LogP contribution is 2.03. The minimum absolute atomic E-state index is 0.931. The SMILES string of the molecule is CCNCCCCCCN1CCOCC1. The fraction of sp³-hybridized carbons (Fsp3) is 1.00. The van der Waals surface area contributed by atoms with E-state index in [1.54, 1.807) is 0 Å². The van der Waals surface area contributed by atoms with Crippen LogP contribution in [0, 0.1) is 0 Å². The second-order valence-electron chi connectivity index (χ2n) is 4.22. The number of nitrogens with zero attached hydrogens (tertiary/aromatic N) is 1. The number of rotatable bonds is 8. The summed E-state index contributed by atoms with van der Waals surface area (Å²) in [6.45, 7) is 9.86. The van der Waals surface area contributed by atoms with E-state index in [9.17, 15) is 0 Å². The molecule has 0 aromatic rings. The lowest BCUT2D eigenvalue weighted by Crippen LogP contribution is -2.36.